The number of amides is 2. The van der Waals surface area contributed by atoms with Crippen molar-refractivity contribution < 1.29 is 22.7 Å². The van der Waals surface area contributed by atoms with Crippen LogP contribution in [-0.2, 0) is 26.2 Å². The van der Waals surface area contributed by atoms with Crippen molar-refractivity contribution in [3.05, 3.63) is 88.9 Å². The van der Waals surface area contributed by atoms with Crippen LogP contribution in [0.4, 0.5) is 5.69 Å². The maximum Gasteiger partial charge on any atom is 0.264 e. The molecule has 0 radical (unpaired) electrons. The summed E-state index contributed by atoms with van der Waals surface area (Å²) in [5.41, 5.74) is 2.13. The minimum absolute atomic E-state index is 0.0108. The number of ether oxygens (including phenoxy) is 1. The minimum Gasteiger partial charge on any atom is -0.494 e. The van der Waals surface area contributed by atoms with E-state index < -0.39 is 28.5 Å². The first-order valence-corrected chi connectivity index (χ1v) is 16.1. The van der Waals surface area contributed by atoms with Crippen LogP contribution in [0.3, 0.4) is 0 Å². The molecule has 226 valence electrons. The number of carbonyl (C=O) groups excluding carboxylic acids is 2. The second kappa shape index (κ2) is 15.6. The molecule has 0 saturated carbocycles. The van der Waals surface area contributed by atoms with Gasteiger partial charge in [-0.2, -0.15) is 0 Å². The van der Waals surface area contributed by atoms with Crippen molar-refractivity contribution in [1.82, 2.24) is 10.2 Å². The molecule has 3 rings (SSSR count). The molecule has 2 amide bonds. The van der Waals surface area contributed by atoms with Crippen molar-refractivity contribution >= 4 is 39.1 Å². The average molecular weight is 614 g/mol. The molecule has 8 nitrogen and oxygen atoms in total. The lowest BCUT2D eigenvalue weighted by atomic mass is 10.1. The van der Waals surface area contributed by atoms with Gasteiger partial charge in [0.15, 0.2) is 0 Å². The van der Waals surface area contributed by atoms with Crippen LogP contribution in [0.1, 0.15) is 51.2 Å². The fraction of sp³-hybridized carbons (Fsp3) is 0.375. The fourth-order valence-electron chi connectivity index (χ4n) is 4.53. The molecule has 1 N–H and O–H groups in total. The smallest absolute Gasteiger partial charge is 0.264 e. The molecular weight excluding hydrogens is 574 g/mol. The number of hydrogen-bond acceptors (Lipinski definition) is 5. The van der Waals surface area contributed by atoms with E-state index in [1.807, 2.05) is 52.0 Å². The number of anilines is 1. The molecule has 0 spiro atoms. The third kappa shape index (κ3) is 8.49. The van der Waals surface area contributed by atoms with Crippen molar-refractivity contribution in [1.29, 1.82) is 0 Å². The number of rotatable bonds is 15. The number of aryl methyl sites for hydroxylation is 1. The lowest BCUT2D eigenvalue weighted by Gasteiger charge is -2.33. The van der Waals surface area contributed by atoms with Gasteiger partial charge in [-0.15, -0.1) is 0 Å². The second-order valence-corrected chi connectivity index (χ2v) is 12.2. The summed E-state index contributed by atoms with van der Waals surface area (Å²) >= 11 is 6.03. The van der Waals surface area contributed by atoms with Crippen LogP contribution >= 0.6 is 11.6 Å². The molecule has 0 aliphatic carbocycles. The topological polar surface area (TPSA) is 96.0 Å². The second-order valence-electron chi connectivity index (χ2n) is 9.91. The van der Waals surface area contributed by atoms with Gasteiger partial charge in [-0.25, -0.2) is 8.42 Å². The molecule has 0 fully saturated rings. The van der Waals surface area contributed by atoms with Crippen LogP contribution in [0.5, 0.6) is 5.75 Å². The lowest BCUT2D eigenvalue weighted by Crippen LogP contribution is -2.52. The maximum absolute atomic E-state index is 14.2. The van der Waals surface area contributed by atoms with Gasteiger partial charge in [0.1, 0.15) is 18.3 Å². The molecule has 0 heterocycles. The van der Waals surface area contributed by atoms with Crippen molar-refractivity contribution in [3.8, 4) is 5.75 Å². The summed E-state index contributed by atoms with van der Waals surface area (Å²) in [5.74, 6) is -0.185. The quantitative estimate of drug-likeness (QED) is 0.213. The molecular formula is C32H40ClN3O5S. The summed E-state index contributed by atoms with van der Waals surface area (Å²) in [6, 6.07) is 19.2. The molecule has 0 saturated heterocycles. The summed E-state index contributed by atoms with van der Waals surface area (Å²) in [5, 5.41) is 3.33. The number of nitrogens with one attached hydrogen (secondary N) is 1. The Morgan fingerprint density at radius 1 is 0.952 bits per heavy atom. The summed E-state index contributed by atoms with van der Waals surface area (Å²) in [7, 11) is -4.19. The Kier molecular flexibility index (Phi) is 12.2. The number of unbranched alkanes of at least 4 members (excludes halogenated alkanes) is 1. The van der Waals surface area contributed by atoms with E-state index in [9.17, 15) is 18.0 Å². The molecule has 0 aliphatic heterocycles. The number of nitrogens with zero attached hydrogens (tertiary/aromatic N) is 2. The van der Waals surface area contributed by atoms with Gasteiger partial charge in [-0.05, 0) is 86.3 Å². The first kappa shape index (κ1) is 32.9. The zero-order chi connectivity index (χ0) is 30.7. The number of halogens is 1. The third-order valence-electron chi connectivity index (χ3n) is 6.93. The van der Waals surface area contributed by atoms with Gasteiger partial charge in [0.2, 0.25) is 11.8 Å². The Labute approximate surface area is 254 Å². The van der Waals surface area contributed by atoms with E-state index in [4.69, 9.17) is 16.3 Å². The third-order valence-corrected chi connectivity index (χ3v) is 8.97. The Balaban J connectivity index is 2.05. The highest BCUT2D eigenvalue weighted by atomic mass is 35.5. The SMILES string of the molecule is CCCCNC(=O)[C@@H](CC)N(Cc1ccccc1C)C(=O)CN(c1ccc(OCC)cc1)S(=O)(=O)c1ccc(Cl)cc1. The Morgan fingerprint density at radius 3 is 2.21 bits per heavy atom. The molecule has 10 heteroatoms. The van der Waals surface area contributed by atoms with Crippen LogP contribution in [0.15, 0.2) is 77.7 Å². The fourth-order valence-corrected chi connectivity index (χ4v) is 6.07. The maximum atomic E-state index is 14.2. The van der Waals surface area contributed by atoms with E-state index in [0.717, 1.165) is 28.3 Å². The van der Waals surface area contributed by atoms with Crippen molar-refractivity contribution in [3.63, 3.8) is 0 Å². The number of hydrogen-bond donors (Lipinski definition) is 1. The molecule has 3 aromatic rings. The number of benzene rings is 3. The summed E-state index contributed by atoms with van der Waals surface area (Å²) < 4.78 is 34.6. The van der Waals surface area contributed by atoms with Crippen molar-refractivity contribution in [2.45, 2.75) is 64.4 Å². The molecule has 1 atom stereocenters. The van der Waals surface area contributed by atoms with E-state index in [0.29, 0.717) is 30.3 Å². The van der Waals surface area contributed by atoms with E-state index in [1.165, 1.54) is 29.2 Å². The van der Waals surface area contributed by atoms with Crippen LogP contribution in [0.25, 0.3) is 0 Å². The Morgan fingerprint density at radius 2 is 1.62 bits per heavy atom. The van der Waals surface area contributed by atoms with Gasteiger partial charge < -0.3 is 15.0 Å². The largest absolute Gasteiger partial charge is 0.494 e. The molecule has 42 heavy (non-hydrogen) atoms. The highest BCUT2D eigenvalue weighted by Crippen LogP contribution is 2.27. The first-order chi connectivity index (χ1) is 20.1. The minimum atomic E-state index is -4.19. The molecule has 0 aliphatic rings. The molecule has 0 bridgehead atoms. The Hall–Kier alpha value is -3.56. The van der Waals surface area contributed by atoms with Crippen molar-refractivity contribution in [2.75, 3.05) is 24.0 Å². The summed E-state index contributed by atoms with van der Waals surface area (Å²) in [4.78, 5) is 29.0. The van der Waals surface area contributed by atoms with Gasteiger partial charge in [0.05, 0.1) is 17.2 Å². The highest BCUT2D eigenvalue weighted by Gasteiger charge is 2.33. The average Bonchev–Trinajstić information content (AvgIpc) is 2.97. The lowest BCUT2D eigenvalue weighted by molar-refractivity contribution is -0.140. The Bertz CT molecular complexity index is 1430. The van der Waals surface area contributed by atoms with Crippen LogP contribution in [-0.4, -0.2) is 50.9 Å². The zero-order valence-electron chi connectivity index (χ0n) is 24.7. The predicted octanol–water partition coefficient (Wildman–Crippen LogP) is 5.97. The monoisotopic (exact) mass is 613 g/mol. The normalized spacial score (nSPS) is 11.9. The van der Waals surface area contributed by atoms with E-state index >= 15 is 0 Å². The zero-order valence-corrected chi connectivity index (χ0v) is 26.2. The number of sulfonamides is 1. The van der Waals surface area contributed by atoms with E-state index in [-0.39, 0.29) is 23.0 Å². The van der Waals surface area contributed by atoms with Gasteiger partial charge in [-0.1, -0.05) is 56.1 Å². The van der Waals surface area contributed by atoms with E-state index in [1.54, 1.807) is 24.3 Å². The van der Waals surface area contributed by atoms with Crippen molar-refractivity contribution in [2.24, 2.45) is 0 Å². The highest BCUT2D eigenvalue weighted by molar-refractivity contribution is 7.92. The first-order valence-electron chi connectivity index (χ1n) is 14.2. The predicted molar refractivity (Wildman–Crippen MR) is 167 cm³/mol. The van der Waals surface area contributed by atoms with Crippen LogP contribution in [0, 0.1) is 6.92 Å². The summed E-state index contributed by atoms with van der Waals surface area (Å²) in [6.45, 7) is 8.28. The molecule has 0 unspecified atom stereocenters. The van der Waals surface area contributed by atoms with E-state index in [2.05, 4.69) is 5.32 Å². The molecule has 0 aromatic heterocycles. The van der Waals surface area contributed by atoms with Gasteiger partial charge in [0.25, 0.3) is 10.0 Å². The number of carbonyl (C=O) groups is 2. The summed E-state index contributed by atoms with van der Waals surface area (Å²) in [6.07, 6.45) is 2.10. The van der Waals surface area contributed by atoms with Gasteiger partial charge in [-0.3, -0.25) is 13.9 Å². The van der Waals surface area contributed by atoms with Gasteiger partial charge >= 0.3 is 0 Å². The van der Waals surface area contributed by atoms with Crippen LogP contribution < -0.4 is 14.4 Å². The van der Waals surface area contributed by atoms with Gasteiger partial charge in [0, 0.05) is 18.1 Å². The van der Waals surface area contributed by atoms with Crippen LogP contribution in [0.2, 0.25) is 5.02 Å². The standard InChI is InChI=1S/C32H40ClN3O5S/c1-5-8-21-34-32(38)30(6-2)35(22-25-12-10-9-11-24(25)4)31(37)23-36(27-15-17-28(18-16-27)41-7-3)42(39,40)29-19-13-26(33)14-20-29/h9-20,30H,5-8,21-23H2,1-4H3,(H,34,38)/t30-/m1/s1. The molecule has 3 aromatic carbocycles.